The third-order valence-corrected chi connectivity index (χ3v) is 3.11. The van der Waals surface area contributed by atoms with E-state index in [1.54, 1.807) is 0 Å². The van der Waals surface area contributed by atoms with Gasteiger partial charge in [0.15, 0.2) is 5.82 Å². The number of rotatable bonds is 1. The molecule has 1 unspecified atom stereocenters. The van der Waals surface area contributed by atoms with Gasteiger partial charge in [0, 0.05) is 18.8 Å². The van der Waals surface area contributed by atoms with Gasteiger partial charge in [0.25, 0.3) is 0 Å². The van der Waals surface area contributed by atoms with Crippen molar-refractivity contribution in [1.29, 1.82) is 0 Å². The highest BCUT2D eigenvalue weighted by Gasteiger charge is 2.21. The van der Waals surface area contributed by atoms with E-state index >= 15 is 0 Å². The molecular weight excluding hydrogens is 186 g/mol. The molecule has 1 saturated heterocycles. The lowest BCUT2D eigenvalue weighted by Gasteiger charge is -2.35. The number of anilines is 2. The zero-order valence-electron chi connectivity index (χ0n) is 9.53. The summed E-state index contributed by atoms with van der Waals surface area (Å²) in [4.78, 5) is 6.78. The molecular formula is C12H19N3. The molecule has 82 valence electrons. The lowest BCUT2D eigenvalue weighted by Crippen LogP contribution is -2.38. The summed E-state index contributed by atoms with van der Waals surface area (Å²) in [6.45, 7) is 5.36. The molecule has 0 aliphatic carbocycles. The van der Waals surface area contributed by atoms with Crippen molar-refractivity contribution in [1.82, 2.24) is 4.98 Å². The van der Waals surface area contributed by atoms with Gasteiger partial charge in [0.1, 0.15) is 0 Å². The first-order valence-corrected chi connectivity index (χ1v) is 5.67. The molecule has 1 fully saturated rings. The predicted octanol–water partition coefficient (Wildman–Crippen LogP) is 2.35. The van der Waals surface area contributed by atoms with Gasteiger partial charge in [0.2, 0.25) is 0 Å². The van der Waals surface area contributed by atoms with Crippen LogP contribution in [0.3, 0.4) is 0 Å². The van der Waals surface area contributed by atoms with Crippen LogP contribution in [0.4, 0.5) is 11.5 Å². The zero-order valence-corrected chi connectivity index (χ0v) is 9.53. The third-order valence-electron chi connectivity index (χ3n) is 3.11. The summed E-state index contributed by atoms with van der Waals surface area (Å²) in [6, 6.07) is 2.57. The third kappa shape index (κ3) is 2.06. The maximum atomic E-state index is 6.01. The first kappa shape index (κ1) is 10.3. The van der Waals surface area contributed by atoms with Crippen molar-refractivity contribution >= 4 is 11.5 Å². The van der Waals surface area contributed by atoms with E-state index in [1.807, 2.05) is 19.2 Å². The Kier molecular flexibility index (Phi) is 2.80. The molecule has 0 saturated carbocycles. The van der Waals surface area contributed by atoms with Gasteiger partial charge in [0.05, 0.1) is 5.69 Å². The minimum atomic E-state index is 0.566. The van der Waals surface area contributed by atoms with E-state index in [-0.39, 0.29) is 0 Å². The van der Waals surface area contributed by atoms with Gasteiger partial charge >= 0.3 is 0 Å². The van der Waals surface area contributed by atoms with Gasteiger partial charge in [-0.2, -0.15) is 0 Å². The van der Waals surface area contributed by atoms with Crippen molar-refractivity contribution in [3.05, 3.63) is 17.8 Å². The fourth-order valence-corrected chi connectivity index (χ4v) is 2.24. The van der Waals surface area contributed by atoms with Crippen LogP contribution in [0.5, 0.6) is 0 Å². The second-order valence-electron chi connectivity index (χ2n) is 4.46. The summed E-state index contributed by atoms with van der Waals surface area (Å²) in [5, 5.41) is 0. The Morgan fingerprint density at radius 2 is 2.27 bits per heavy atom. The van der Waals surface area contributed by atoms with Crippen molar-refractivity contribution in [2.75, 3.05) is 17.2 Å². The van der Waals surface area contributed by atoms with E-state index < -0.39 is 0 Å². The molecule has 2 heterocycles. The maximum absolute atomic E-state index is 6.01. The number of pyridine rings is 1. The number of nitrogens with zero attached hydrogens (tertiary/aromatic N) is 2. The van der Waals surface area contributed by atoms with E-state index in [0.29, 0.717) is 6.04 Å². The van der Waals surface area contributed by atoms with E-state index in [0.717, 1.165) is 23.6 Å². The van der Waals surface area contributed by atoms with Crippen molar-refractivity contribution in [2.24, 2.45) is 0 Å². The quantitative estimate of drug-likeness (QED) is 0.765. The van der Waals surface area contributed by atoms with Crippen LogP contribution in [0, 0.1) is 6.92 Å². The summed E-state index contributed by atoms with van der Waals surface area (Å²) in [5.74, 6) is 0.966. The second-order valence-corrected chi connectivity index (χ2v) is 4.46. The first-order valence-electron chi connectivity index (χ1n) is 5.67. The molecule has 1 aliphatic heterocycles. The van der Waals surface area contributed by atoms with Crippen LogP contribution < -0.4 is 10.6 Å². The van der Waals surface area contributed by atoms with Crippen LogP contribution in [0.1, 0.15) is 31.7 Å². The molecule has 1 aromatic heterocycles. The maximum Gasteiger partial charge on any atom is 0.152 e. The highest BCUT2D eigenvalue weighted by Crippen LogP contribution is 2.27. The normalized spacial score (nSPS) is 21.7. The Hall–Kier alpha value is -1.25. The van der Waals surface area contributed by atoms with Crippen LogP contribution in [0.2, 0.25) is 0 Å². The van der Waals surface area contributed by atoms with Gasteiger partial charge in [-0.05, 0) is 44.7 Å². The predicted molar refractivity (Wildman–Crippen MR) is 64.0 cm³/mol. The second kappa shape index (κ2) is 4.09. The first-order chi connectivity index (χ1) is 7.18. The number of piperidine rings is 1. The fourth-order valence-electron chi connectivity index (χ4n) is 2.24. The van der Waals surface area contributed by atoms with E-state index in [2.05, 4.69) is 16.8 Å². The smallest absolute Gasteiger partial charge is 0.152 e. The van der Waals surface area contributed by atoms with E-state index in [1.165, 1.54) is 19.3 Å². The molecule has 0 spiro atoms. The summed E-state index contributed by atoms with van der Waals surface area (Å²) < 4.78 is 0. The van der Waals surface area contributed by atoms with Crippen molar-refractivity contribution < 1.29 is 0 Å². The lowest BCUT2D eigenvalue weighted by molar-refractivity contribution is 0.481. The Morgan fingerprint density at radius 1 is 1.47 bits per heavy atom. The van der Waals surface area contributed by atoms with Gasteiger partial charge < -0.3 is 10.6 Å². The Balaban J connectivity index is 2.27. The average molecular weight is 205 g/mol. The lowest BCUT2D eigenvalue weighted by atomic mass is 10.0. The van der Waals surface area contributed by atoms with Gasteiger partial charge in [-0.25, -0.2) is 4.98 Å². The molecule has 15 heavy (non-hydrogen) atoms. The number of hydrogen-bond donors (Lipinski definition) is 1. The van der Waals surface area contributed by atoms with Crippen molar-refractivity contribution in [3.8, 4) is 0 Å². The minimum Gasteiger partial charge on any atom is -0.396 e. The van der Waals surface area contributed by atoms with E-state index in [4.69, 9.17) is 5.73 Å². The highest BCUT2D eigenvalue weighted by molar-refractivity contribution is 5.63. The van der Waals surface area contributed by atoms with Crippen molar-refractivity contribution in [2.45, 2.75) is 39.2 Å². The molecule has 2 rings (SSSR count). The molecule has 1 aromatic rings. The Labute approximate surface area is 91.3 Å². The minimum absolute atomic E-state index is 0.566. The van der Waals surface area contributed by atoms with Gasteiger partial charge in [-0.3, -0.25) is 0 Å². The number of nitrogen functional groups attached to an aromatic ring is 1. The molecule has 0 amide bonds. The molecule has 3 heteroatoms. The van der Waals surface area contributed by atoms with Gasteiger partial charge in [-0.15, -0.1) is 0 Å². The van der Waals surface area contributed by atoms with Gasteiger partial charge in [-0.1, -0.05) is 0 Å². The van der Waals surface area contributed by atoms with E-state index in [9.17, 15) is 0 Å². The monoisotopic (exact) mass is 205 g/mol. The number of nitrogens with two attached hydrogens (primary N) is 1. The highest BCUT2D eigenvalue weighted by atomic mass is 15.2. The molecule has 2 N–H and O–H groups in total. The molecule has 3 nitrogen and oxygen atoms in total. The fraction of sp³-hybridized carbons (Fsp3) is 0.583. The number of aryl methyl sites for hydroxylation is 1. The van der Waals surface area contributed by atoms with Crippen LogP contribution in [0.25, 0.3) is 0 Å². The van der Waals surface area contributed by atoms with Crippen molar-refractivity contribution in [3.63, 3.8) is 0 Å². The SMILES string of the molecule is Cc1cnc(N2CCCCC2C)c(N)c1. The Bertz CT molecular complexity index is 349. The Morgan fingerprint density at radius 3 is 2.93 bits per heavy atom. The molecule has 0 radical (unpaired) electrons. The number of hydrogen-bond acceptors (Lipinski definition) is 3. The zero-order chi connectivity index (χ0) is 10.8. The number of aromatic nitrogens is 1. The van der Waals surface area contributed by atoms with Crippen LogP contribution in [-0.2, 0) is 0 Å². The largest absolute Gasteiger partial charge is 0.396 e. The summed E-state index contributed by atoms with van der Waals surface area (Å²) >= 11 is 0. The van der Waals surface area contributed by atoms with Crippen LogP contribution >= 0.6 is 0 Å². The summed E-state index contributed by atoms with van der Waals surface area (Å²) in [6.07, 6.45) is 5.71. The average Bonchev–Trinajstić information content (AvgIpc) is 2.20. The summed E-state index contributed by atoms with van der Waals surface area (Å²) in [7, 11) is 0. The molecule has 1 atom stereocenters. The summed E-state index contributed by atoms with van der Waals surface area (Å²) in [5.41, 5.74) is 7.95. The molecule has 0 aromatic carbocycles. The van der Waals surface area contributed by atoms with Crippen LogP contribution in [0.15, 0.2) is 12.3 Å². The molecule has 1 aliphatic rings. The topological polar surface area (TPSA) is 42.2 Å². The standard InChI is InChI=1S/C12H19N3/c1-9-7-11(13)12(14-8-9)15-6-4-3-5-10(15)2/h7-8,10H,3-6,13H2,1-2H3. The molecule has 0 bridgehead atoms. The van der Waals surface area contributed by atoms with Crippen LogP contribution in [-0.4, -0.2) is 17.6 Å².